The first-order valence-electron chi connectivity index (χ1n) is 8.97. The van der Waals surface area contributed by atoms with E-state index in [2.05, 4.69) is 36.2 Å². The van der Waals surface area contributed by atoms with Gasteiger partial charge in [-0.1, -0.05) is 32.0 Å². The normalized spacial score (nSPS) is 15.6. The van der Waals surface area contributed by atoms with E-state index < -0.39 is 0 Å². The van der Waals surface area contributed by atoms with Crippen molar-refractivity contribution < 1.29 is 9.53 Å². The molecule has 1 heterocycles. The Labute approximate surface area is 146 Å². The number of urea groups is 1. The highest BCUT2D eigenvalue weighted by atomic mass is 16.5. The lowest BCUT2D eigenvalue weighted by Gasteiger charge is -2.34. The van der Waals surface area contributed by atoms with Crippen LogP contribution in [0.2, 0.25) is 0 Å². The molecule has 0 unspecified atom stereocenters. The molecule has 0 aromatic heterocycles. The largest absolute Gasteiger partial charge is 0.496 e. The van der Waals surface area contributed by atoms with E-state index in [1.165, 1.54) is 5.56 Å². The van der Waals surface area contributed by atoms with Gasteiger partial charge in [-0.2, -0.15) is 0 Å². The molecule has 1 fully saturated rings. The molecule has 2 rings (SSSR count). The first kappa shape index (κ1) is 18.6. The van der Waals surface area contributed by atoms with Crippen molar-refractivity contribution in [3.63, 3.8) is 0 Å². The highest BCUT2D eigenvalue weighted by Crippen LogP contribution is 2.18. The Balaban J connectivity index is 1.70. The van der Waals surface area contributed by atoms with E-state index in [9.17, 15) is 4.79 Å². The third-order valence-electron chi connectivity index (χ3n) is 4.55. The number of hydrogen-bond donors (Lipinski definition) is 1. The van der Waals surface area contributed by atoms with E-state index >= 15 is 0 Å². The van der Waals surface area contributed by atoms with Crippen molar-refractivity contribution in [2.75, 3.05) is 46.4 Å². The summed E-state index contributed by atoms with van der Waals surface area (Å²) in [7, 11) is 1.72. The number of hydrogen-bond acceptors (Lipinski definition) is 3. The molecule has 1 aromatic carbocycles. The van der Waals surface area contributed by atoms with Gasteiger partial charge in [-0.15, -0.1) is 0 Å². The number of carbonyl (C=O) groups is 1. The fraction of sp³-hybridized carbons (Fsp3) is 0.632. The van der Waals surface area contributed by atoms with Crippen LogP contribution in [-0.2, 0) is 6.42 Å². The second-order valence-corrected chi connectivity index (χ2v) is 6.80. The van der Waals surface area contributed by atoms with Gasteiger partial charge in [0.25, 0.3) is 0 Å². The maximum absolute atomic E-state index is 12.1. The Kier molecular flexibility index (Phi) is 7.37. The number of methoxy groups -OCH3 is 1. The van der Waals surface area contributed by atoms with E-state index in [1.54, 1.807) is 7.11 Å². The average molecular weight is 333 g/mol. The summed E-state index contributed by atoms with van der Waals surface area (Å²) in [5.41, 5.74) is 1.24. The maximum Gasteiger partial charge on any atom is 0.317 e. The summed E-state index contributed by atoms with van der Waals surface area (Å²) < 4.78 is 5.41. The SMILES string of the molecule is COc1ccccc1CCN1CCN(C(=O)NCCC(C)C)CC1. The zero-order valence-electron chi connectivity index (χ0n) is 15.3. The molecule has 134 valence electrons. The molecule has 1 saturated heterocycles. The molecule has 0 radical (unpaired) electrons. The van der Waals surface area contributed by atoms with Crippen LogP contribution in [0.3, 0.4) is 0 Å². The number of amides is 2. The van der Waals surface area contributed by atoms with Crippen molar-refractivity contribution in [1.82, 2.24) is 15.1 Å². The molecule has 1 N–H and O–H groups in total. The number of carbonyl (C=O) groups excluding carboxylic acids is 1. The van der Waals surface area contributed by atoms with Crippen molar-refractivity contribution >= 4 is 6.03 Å². The van der Waals surface area contributed by atoms with E-state index in [1.807, 2.05) is 17.0 Å². The monoisotopic (exact) mass is 333 g/mol. The van der Waals surface area contributed by atoms with E-state index in [-0.39, 0.29) is 6.03 Å². The third kappa shape index (κ3) is 5.71. The van der Waals surface area contributed by atoms with Crippen LogP contribution in [0.15, 0.2) is 24.3 Å². The molecule has 0 atom stereocenters. The Morgan fingerprint density at radius 1 is 1.21 bits per heavy atom. The van der Waals surface area contributed by atoms with Crippen LogP contribution < -0.4 is 10.1 Å². The summed E-state index contributed by atoms with van der Waals surface area (Å²) in [5.74, 6) is 1.58. The molecule has 0 bridgehead atoms. The van der Waals surface area contributed by atoms with Gasteiger partial charge in [0.05, 0.1) is 7.11 Å². The molecule has 24 heavy (non-hydrogen) atoms. The summed E-state index contributed by atoms with van der Waals surface area (Å²) in [5, 5.41) is 3.02. The summed E-state index contributed by atoms with van der Waals surface area (Å²) in [4.78, 5) is 16.5. The van der Waals surface area contributed by atoms with E-state index in [0.29, 0.717) is 5.92 Å². The maximum atomic E-state index is 12.1. The van der Waals surface area contributed by atoms with Crippen LogP contribution in [0.5, 0.6) is 5.75 Å². The average Bonchev–Trinajstić information content (AvgIpc) is 2.60. The third-order valence-corrected chi connectivity index (χ3v) is 4.55. The minimum absolute atomic E-state index is 0.0834. The molecule has 0 spiro atoms. The summed E-state index contributed by atoms with van der Waals surface area (Å²) in [6, 6.07) is 8.27. The molecule has 2 amide bonds. The number of benzene rings is 1. The molecule has 1 aromatic rings. The smallest absolute Gasteiger partial charge is 0.317 e. The first-order valence-corrected chi connectivity index (χ1v) is 8.97. The second-order valence-electron chi connectivity index (χ2n) is 6.80. The first-order chi connectivity index (χ1) is 11.6. The van der Waals surface area contributed by atoms with Crippen LogP contribution >= 0.6 is 0 Å². The minimum Gasteiger partial charge on any atom is -0.496 e. The molecule has 5 heteroatoms. The van der Waals surface area contributed by atoms with Gasteiger partial charge in [0.15, 0.2) is 0 Å². The lowest BCUT2D eigenvalue weighted by Crippen LogP contribution is -2.52. The van der Waals surface area contributed by atoms with E-state index in [0.717, 1.165) is 57.9 Å². The zero-order chi connectivity index (χ0) is 17.4. The van der Waals surface area contributed by atoms with Crippen LogP contribution in [-0.4, -0.2) is 62.2 Å². The van der Waals surface area contributed by atoms with Crippen molar-refractivity contribution in [2.24, 2.45) is 5.92 Å². The summed E-state index contributed by atoms with van der Waals surface area (Å²) in [6.45, 7) is 9.60. The number of ether oxygens (including phenoxy) is 1. The molecular formula is C19H31N3O2. The Morgan fingerprint density at radius 2 is 1.92 bits per heavy atom. The van der Waals surface area contributed by atoms with Crippen LogP contribution in [0, 0.1) is 5.92 Å². The lowest BCUT2D eigenvalue weighted by molar-refractivity contribution is 0.140. The minimum atomic E-state index is 0.0834. The van der Waals surface area contributed by atoms with Gasteiger partial charge in [0, 0.05) is 39.3 Å². The van der Waals surface area contributed by atoms with Crippen molar-refractivity contribution in [1.29, 1.82) is 0 Å². The van der Waals surface area contributed by atoms with Crippen LogP contribution in [0.1, 0.15) is 25.8 Å². The van der Waals surface area contributed by atoms with Gasteiger partial charge in [-0.25, -0.2) is 4.79 Å². The van der Waals surface area contributed by atoms with Gasteiger partial charge < -0.3 is 15.0 Å². The molecule has 0 saturated carbocycles. The van der Waals surface area contributed by atoms with Gasteiger partial charge in [-0.3, -0.25) is 4.90 Å². The highest BCUT2D eigenvalue weighted by Gasteiger charge is 2.20. The number of nitrogens with one attached hydrogen (secondary N) is 1. The van der Waals surface area contributed by atoms with Gasteiger partial charge in [0.1, 0.15) is 5.75 Å². The molecule has 1 aliphatic heterocycles. The van der Waals surface area contributed by atoms with Crippen LogP contribution in [0.25, 0.3) is 0 Å². The number of nitrogens with zero attached hydrogens (tertiary/aromatic N) is 2. The number of rotatable bonds is 7. The van der Waals surface area contributed by atoms with Crippen LogP contribution in [0.4, 0.5) is 4.79 Å². The topological polar surface area (TPSA) is 44.8 Å². The summed E-state index contributed by atoms with van der Waals surface area (Å²) >= 11 is 0. The quantitative estimate of drug-likeness (QED) is 0.834. The fourth-order valence-corrected chi connectivity index (χ4v) is 2.94. The Hall–Kier alpha value is -1.75. The predicted molar refractivity (Wildman–Crippen MR) is 97.6 cm³/mol. The van der Waals surface area contributed by atoms with Gasteiger partial charge >= 0.3 is 6.03 Å². The van der Waals surface area contributed by atoms with Gasteiger partial charge in [-0.05, 0) is 30.4 Å². The molecule has 1 aliphatic rings. The zero-order valence-corrected chi connectivity index (χ0v) is 15.3. The molecular weight excluding hydrogens is 302 g/mol. The molecule has 0 aliphatic carbocycles. The van der Waals surface area contributed by atoms with Gasteiger partial charge in [0.2, 0.25) is 0 Å². The summed E-state index contributed by atoms with van der Waals surface area (Å²) in [6.07, 6.45) is 2.01. The second kappa shape index (κ2) is 9.52. The van der Waals surface area contributed by atoms with Crippen molar-refractivity contribution in [3.8, 4) is 5.75 Å². The number of para-hydroxylation sites is 1. The standard InChI is InChI=1S/C19H31N3O2/c1-16(2)8-10-20-19(23)22-14-12-21(13-15-22)11-9-17-6-4-5-7-18(17)24-3/h4-7,16H,8-15H2,1-3H3,(H,20,23). The number of piperazine rings is 1. The van der Waals surface area contributed by atoms with Crippen molar-refractivity contribution in [2.45, 2.75) is 26.7 Å². The van der Waals surface area contributed by atoms with E-state index in [4.69, 9.17) is 4.74 Å². The predicted octanol–water partition coefficient (Wildman–Crippen LogP) is 2.61. The lowest BCUT2D eigenvalue weighted by atomic mass is 10.1. The Morgan fingerprint density at radius 3 is 2.58 bits per heavy atom. The Bertz CT molecular complexity index is 511. The van der Waals surface area contributed by atoms with Crippen molar-refractivity contribution in [3.05, 3.63) is 29.8 Å². The molecule has 5 nitrogen and oxygen atoms in total. The highest BCUT2D eigenvalue weighted by molar-refractivity contribution is 5.74. The fourth-order valence-electron chi connectivity index (χ4n) is 2.94.